The van der Waals surface area contributed by atoms with E-state index < -0.39 is 0 Å². The van der Waals surface area contributed by atoms with Gasteiger partial charge in [0.25, 0.3) is 0 Å². The summed E-state index contributed by atoms with van der Waals surface area (Å²) in [4.78, 5) is 1.14. The molecule has 2 aromatic rings. The third-order valence-electron chi connectivity index (χ3n) is 2.66. The number of hydrogen-bond donors (Lipinski definition) is 2. The summed E-state index contributed by atoms with van der Waals surface area (Å²) in [6, 6.07) is 7.56. The number of methoxy groups -OCH3 is 1. The topological polar surface area (TPSA) is 47.3 Å². The summed E-state index contributed by atoms with van der Waals surface area (Å²) < 4.78 is 5.29. The second-order valence-corrected chi connectivity index (χ2v) is 5.23. The van der Waals surface area contributed by atoms with Crippen LogP contribution in [0.2, 0.25) is 5.02 Å². The Bertz CT molecular complexity index is 527. The zero-order chi connectivity index (χ0) is 13.0. The predicted octanol–water partition coefficient (Wildman–Crippen LogP) is 3.28. The van der Waals surface area contributed by atoms with Crippen LogP contribution in [-0.4, -0.2) is 7.11 Å². The SMILES string of the molecule is COc1cccc(Cl)c1CNCc1sccc1N. The van der Waals surface area contributed by atoms with Crippen molar-refractivity contribution < 1.29 is 4.74 Å². The molecule has 3 nitrogen and oxygen atoms in total. The molecule has 0 fully saturated rings. The highest BCUT2D eigenvalue weighted by Gasteiger charge is 2.07. The highest BCUT2D eigenvalue weighted by molar-refractivity contribution is 7.10. The molecule has 0 radical (unpaired) electrons. The second-order valence-electron chi connectivity index (χ2n) is 3.82. The second kappa shape index (κ2) is 6.09. The number of nitrogen functional groups attached to an aromatic ring is 1. The Morgan fingerprint density at radius 1 is 1.33 bits per heavy atom. The lowest BCUT2D eigenvalue weighted by molar-refractivity contribution is 0.408. The van der Waals surface area contributed by atoms with Crippen molar-refractivity contribution in [2.24, 2.45) is 0 Å². The van der Waals surface area contributed by atoms with Crippen LogP contribution >= 0.6 is 22.9 Å². The molecule has 0 aliphatic heterocycles. The monoisotopic (exact) mass is 282 g/mol. The average Bonchev–Trinajstić information content (AvgIpc) is 2.77. The van der Waals surface area contributed by atoms with Gasteiger partial charge in [-0.3, -0.25) is 0 Å². The molecule has 1 heterocycles. The molecule has 0 bridgehead atoms. The third-order valence-corrected chi connectivity index (χ3v) is 3.95. The summed E-state index contributed by atoms with van der Waals surface area (Å²) in [5, 5.41) is 6.02. The summed E-state index contributed by atoms with van der Waals surface area (Å²) in [6.07, 6.45) is 0. The van der Waals surface area contributed by atoms with Gasteiger partial charge in [0, 0.05) is 34.2 Å². The number of halogens is 1. The molecule has 1 aromatic carbocycles. The van der Waals surface area contributed by atoms with Crippen molar-refractivity contribution in [2.75, 3.05) is 12.8 Å². The number of nitrogens with two attached hydrogens (primary N) is 1. The Morgan fingerprint density at radius 3 is 2.83 bits per heavy atom. The largest absolute Gasteiger partial charge is 0.496 e. The van der Waals surface area contributed by atoms with Crippen LogP contribution in [0.4, 0.5) is 5.69 Å². The van der Waals surface area contributed by atoms with Crippen LogP contribution in [0, 0.1) is 0 Å². The van der Waals surface area contributed by atoms with Gasteiger partial charge in [-0.05, 0) is 23.6 Å². The fourth-order valence-corrected chi connectivity index (χ4v) is 2.70. The summed E-state index contributed by atoms with van der Waals surface area (Å²) >= 11 is 7.81. The van der Waals surface area contributed by atoms with Gasteiger partial charge in [-0.2, -0.15) is 0 Å². The van der Waals surface area contributed by atoms with Crippen LogP contribution in [0.25, 0.3) is 0 Å². The van der Waals surface area contributed by atoms with Crippen molar-refractivity contribution in [3.8, 4) is 5.75 Å². The van der Waals surface area contributed by atoms with Gasteiger partial charge in [0.05, 0.1) is 7.11 Å². The van der Waals surface area contributed by atoms with E-state index in [1.807, 2.05) is 29.6 Å². The van der Waals surface area contributed by atoms with Gasteiger partial charge >= 0.3 is 0 Å². The minimum Gasteiger partial charge on any atom is -0.496 e. The molecule has 5 heteroatoms. The van der Waals surface area contributed by atoms with Crippen LogP contribution in [0.3, 0.4) is 0 Å². The van der Waals surface area contributed by atoms with Crippen LogP contribution < -0.4 is 15.8 Å². The van der Waals surface area contributed by atoms with Gasteiger partial charge in [0.1, 0.15) is 5.75 Å². The van der Waals surface area contributed by atoms with E-state index in [2.05, 4.69) is 5.32 Å². The van der Waals surface area contributed by atoms with Gasteiger partial charge in [0.15, 0.2) is 0 Å². The zero-order valence-corrected chi connectivity index (χ0v) is 11.6. The summed E-state index contributed by atoms with van der Waals surface area (Å²) in [5.74, 6) is 0.800. The Morgan fingerprint density at radius 2 is 2.17 bits per heavy atom. The first-order valence-corrected chi connectivity index (χ1v) is 6.82. The molecule has 3 N–H and O–H groups in total. The van der Waals surface area contributed by atoms with E-state index in [4.69, 9.17) is 22.1 Å². The number of anilines is 1. The van der Waals surface area contributed by atoms with Crippen molar-refractivity contribution in [2.45, 2.75) is 13.1 Å². The molecule has 0 saturated heterocycles. The van der Waals surface area contributed by atoms with Crippen LogP contribution in [0.5, 0.6) is 5.75 Å². The maximum Gasteiger partial charge on any atom is 0.124 e. The number of nitrogens with one attached hydrogen (secondary N) is 1. The number of ether oxygens (including phenoxy) is 1. The van der Waals surface area contributed by atoms with Crippen molar-refractivity contribution in [1.82, 2.24) is 5.32 Å². The van der Waals surface area contributed by atoms with E-state index in [-0.39, 0.29) is 0 Å². The molecular weight excluding hydrogens is 268 g/mol. The quantitative estimate of drug-likeness (QED) is 0.885. The molecular formula is C13H15ClN2OS. The highest BCUT2D eigenvalue weighted by atomic mass is 35.5. The fourth-order valence-electron chi connectivity index (χ4n) is 1.70. The molecule has 0 saturated carbocycles. The van der Waals surface area contributed by atoms with Crippen LogP contribution in [0.15, 0.2) is 29.6 Å². The first-order chi connectivity index (χ1) is 8.72. The van der Waals surface area contributed by atoms with E-state index in [0.717, 1.165) is 28.4 Å². The molecule has 96 valence electrons. The average molecular weight is 283 g/mol. The number of thiophene rings is 1. The fraction of sp³-hybridized carbons (Fsp3) is 0.231. The lowest BCUT2D eigenvalue weighted by atomic mass is 10.2. The van der Waals surface area contributed by atoms with E-state index in [0.29, 0.717) is 11.6 Å². The molecule has 0 spiro atoms. The standard InChI is InChI=1S/C13H15ClN2OS/c1-17-12-4-2-3-10(14)9(12)7-16-8-13-11(15)5-6-18-13/h2-6,16H,7-8,15H2,1H3. The molecule has 2 rings (SSSR count). The lowest BCUT2D eigenvalue weighted by Gasteiger charge is -2.11. The van der Waals surface area contributed by atoms with Crippen molar-refractivity contribution >= 4 is 28.6 Å². The number of benzene rings is 1. The first-order valence-electron chi connectivity index (χ1n) is 5.56. The van der Waals surface area contributed by atoms with Crippen molar-refractivity contribution in [3.63, 3.8) is 0 Å². The third kappa shape index (κ3) is 2.96. The summed E-state index contributed by atoms with van der Waals surface area (Å²) in [7, 11) is 1.65. The van der Waals surface area contributed by atoms with Gasteiger partial charge in [-0.25, -0.2) is 0 Å². The van der Waals surface area contributed by atoms with Crippen molar-refractivity contribution in [1.29, 1.82) is 0 Å². The van der Waals surface area contributed by atoms with E-state index in [9.17, 15) is 0 Å². The minimum absolute atomic E-state index is 0.653. The maximum atomic E-state index is 6.16. The Hall–Kier alpha value is -1.23. The molecule has 0 amide bonds. The smallest absolute Gasteiger partial charge is 0.124 e. The Kier molecular flexibility index (Phi) is 4.47. The normalized spacial score (nSPS) is 10.6. The number of rotatable bonds is 5. The molecule has 0 aliphatic rings. The molecule has 0 aliphatic carbocycles. The van der Waals surface area contributed by atoms with Gasteiger partial charge in [0.2, 0.25) is 0 Å². The van der Waals surface area contributed by atoms with Crippen LogP contribution in [-0.2, 0) is 13.1 Å². The first kappa shape index (κ1) is 13.2. The highest BCUT2D eigenvalue weighted by Crippen LogP contribution is 2.26. The van der Waals surface area contributed by atoms with E-state index in [1.165, 1.54) is 0 Å². The summed E-state index contributed by atoms with van der Waals surface area (Å²) in [6.45, 7) is 1.39. The number of hydrogen-bond acceptors (Lipinski definition) is 4. The molecule has 1 aromatic heterocycles. The Labute approximate surface area is 116 Å². The lowest BCUT2D eigenvalue weighted by Crippen LogP contribution is -2.13. The van der Waals surface area contributed by atoms with E-state index >= 15 is 0 Å². The van der Waals surface area contributed by atoms with Gasteiger partial charge in [-0.1, -0.05) is 17.7 Å². The summed E-state index contributed by atoms with van der Waals surface area (Å²) in [5.41, 5.74) is 7.63. The predicted molar refractivity (Wildman–Crippen MR) is 77.3 cm³/mol. The Balaban J connectivity index is 2.00. The minimum atomic E-state index is 0.653. The van der Waals surface area contributed by atoms with Crippen molar-refractivity contribution in [3.05, 3.63) is 45.1 Å². The van der Waals surface area contributed by atoms with Crippen LogP contribution in [0.1, 0.15) is 10.4 Å². The van der Waals surface area contributed by atoms with Gasteiger partial charge < -0.3 is 15.8 Å². The molecule has 18 heavy (non-hydrogen) atoms. The zero-order valence-electron chi connectivity index (χ0n) is 10.1. The maximum absolute atomic E-state index is 6.16. The van der Waals surface area contributed by atoms with Gasteiger partial charge in [-0.15, -0.1) is 11.3 Å². The molecule has 0 unspecified atom stereocenters. The molecule has 0 atom stereocenters. The van der Waals surface area contributed by atoms with E-state index in [1.54, 1.807) is 18.4 Å².